The summed E-state index contributed by atoms with van der Waals surface area (Å²) in [4.78, 5) is 14.9. The molecule has 1 saturated heterocycles. The van der Waals surface area contributed by atoms with Crippen molar-refractivity contribution in [2.75, 3.05) is 13.6 Å². The van der Waals surface area contributed by atoms with Gasteiger partial charge in [-0.2, -0.15) is 0 Å². The lowest BCUT2D eigenvalue weighted by Gasteiger charge is -2.39. The van der Waals surface area contributed by atoms with Crippen LogP contribution < -0.4 is 5.32 Å². The van der Waals surface area contributed by atoms with E-state index < -0.39 is 12.4 Å². The van der Waals surface area contributed by atoms with Crippen molar-refractivity contribution < 1.29 is 24.5 Å². The number of aliphatic hydroxyl groups is 2. The number of aliphatic hydroxyl groups excluding tert-OH is 2. The molecule has 252 valence electrons. The molecule has 0 unspecified atom stereocenters. The summed E-state index contributed by atoms with van der Waals surface area (Å²) < 4.78 is 13.2. The third kappa shape index (κ3) is 8.51. The van der Waals surface area contributed by atoms with E-state index in [-0.39, 0.29) is 30.8 Å². The van der Waals surface area contributed by atoms with Crippen molar-refractivity contribution in [1.29, 1.82) is 0 Å². The number of nitrogens with one attached hydrogen (secondary N) is 1. The predicted molar refractivity (Wildman–Crippen MR) is 191 cm³/mol. The van der Waals surface area contributed by atoms with Crippen LogP contribution in [0, 0.1) is 0 Å². The molecule has 7 heteroatoms. The summed E-state index contributed by atoms with van der Waals surface area (Å²) in [6, 6.07) is 43.0. The topological polar surface area (TPSA) is 91.3 Å². The van der Waals surface area contributed by atoms with Gasteiger partial charge in [0.2, 0.25) is 0 Å². The van der Waals surface area contributed by atoms with Crippen LogP contribution in [0.3, 0.4) is 0 Å². The summed E-state index contributed by atoms with van der Waals surface area (Å²) in [6.45, 7) is 3.03. The van der Waals surface area contributed by atoms with Gasteiger partial charge in [-0.25, -0.2) is 0 Å². The minimum atomic E-state index is -0.634. The summed E-state index contributed by atoms with van der Waals surface area (Å²) in [5.74, 6) is -0.109. The van der Waals surface area contributed by atoms with Gasteiger partial charge in [0, 0.05) is 36.7 Å². The molecule has 1 heterocycles. The van der Waals surface area contributed by atoms with Gasteiger partial charge in [-0.1, -0.05) is 121 Å². The van der Waals surface area contributed by atoms with E-state index in [2.05, 4.69) is 28.4 Å². The number of carbonyl (C=O) groups excluding carboxylic acids is 1. The Kier molecular flexibility index (Phi) is 11.3. The highest BCUT2D eigenvalue weighted by Crippen LogP contribution is 2.39. The van der Waals surface area contributed by atoms with Crippen molar-refractivity contribution in [2.45, 2.75) is 57.1 Å². The molecule has 1 aliphatic rings. The van der Waals surface area contributed by atoms with E-state index in [4.69, 9.17) is 9.47 Å². The van der Waals surface area contributed by atoms with Crippen molar-refractivity contribution in [3.05, 3.63) is 167 Å². The minimum absolute atomic E-state index is 0.0124. The third-order valence-corrected chi connectivity index (χ3v) is 9.39. The molecule has 1 aliphatic heterocycles. The zero-order chi connectivity index (χ0) is 34.2. The van der Waals surface area contributed by atoms with Crippen LogP contribution in [0.1, 0.15) is 70.0 Å². The molecular formula is C42H44N2O5. The number of hydrogen-bond acceptors (Lipinski definition) is 6. The fourth-order valence-electron chi connectivity index (χ4n) is 6.33. The van der Waals surface area contributed by atoms with Crippen molar-refractivity contribution in [3.63, 3.8) is 0 Å². The number of rotatable bonds is 12. The van der Waals surface area contributed by atoms with Crippen molar-refractivity contribution in [1.82, 2.24) is 10.2 Å². The third-order valence-electron chi connectivity index (χ3n) is 9.39. The molecule has 7 nitrogen and oxygen atoms in total. The molecule has 0 aromatic heterocycles. The Morgan fingerprint density at radius 1 is 0.816 bits per heavy atom. The Bertz CT molecular complexity index is 1780. The molecule has 6 rings (SSSR count). The summed E-state index contributed by atoms with van der Waals surface area (Å²) in [7, 11) is 2.02. The van der Waals surface area contributed by atoms with Gasteiger partial charge in [-0.15, -0.1) is 0 Å². The van der Waals surface area contributed by atoms with Gasteiger partial charge in [-0.3, -0.25) is 9.69 Å². The lowest BCUT2D eigenvalue weighted by Crippen LogP contribution is -2.43. The Morgan fingerprint density at radius 3 is 2.14 bits per heavy atom. The number of nitrogens with zero attached hydrogens (tertiary/aromatic N) is 1. The first-order valence-electron chi connectivity index (χ1n) is 16.8. The second-order valence-corrected chi connectivity index (χ2v) is 12.7. The molecule has 3 N–H and O–H groups in total. The van der Waals surface area contributed by atoms with Crippen LogP contribution in [-0.4, -0.2) is 46.8 Å². The molecule has 0 saturated carbocycles. The number of amides is 1. The minimum Gasteiger partial charge on any atom is -0.392 e. The van der Waals surface area contributed by atoms with Crippen molar-refractivity contribution >= 4 is 5.91 Å². The van der Waals surface area contributed by atoms with Gasteiger partial charge in [0.15, 0.2) is 6.29 Å². The van der Waals surface area contributed by atoms with Crippen LogP contribution in [0.25, 0.3) is 11.1 Å². The van der Waals surface area contributed by atoms with Crippen LogP contribution >= 0.6 is 0 Å². The van der Waals surface area contributed by atoms with E-state index in [9.17, 15) is 15.0 Å². The van der Waals surface area contributed by atoms with Gasteiger partial charge in [-0.05, 0) is 59.5 Å². The second-order valence-electron chi connectivity index (χ2n) is 12.7. The molecule has 0 aliphatic carbocycles. The molecular weight excluding hydrogens is 612 g/mol. The van der Waals surface area contributed by atoms with Crippen LogP contribution in [-0.2, 0) is 22.6 Å². The summed E-state index contributed by atoms with van der Waals surface area (Å²) in [6.07, 6.45) is -0.962. The standard InChI is InChI=1S/C42H44N2O5/c1-29(40(46)33-11-5-3-6-12-33)44(2)27-37-25-39(32-19-17-30(28-45)18-20-32)49-42(48-37)35-23-21-31(22-24-35)38-16-10-9-15-36(38)26-43-41(47)34-13-7-4-8-14-34/h3-24,29,37,39-40,42,45-46H,25-28H2,1-2H3,(H,43,47)/t29-,37-,39+,40-,42+/m0/s1. The first kappa shape index (κ1) is 34.2. The number of likely N-dealkylation sites (N-methyl/N-ethyl adjacent to an activating group) is 1. The SMILES string of the molecule is C[C@@H]([C@H](O)c1ccccc1)N(C)C[C@@H]1C[C@H](c2ccc(CO)cc2)O[C@H](c2ccc(-c3ccccc3CNC(=O)c3ccccc3)cc2)O1. The fourth-order valence-corrected chi connectivity index (χ4v) is 6.33. The molecule has 0 spiro atoms. The summed E-state index contributed by atoms with van der Waals surface area (Å²) >= 11 is 0. The van der Waals surface area contributed by atoms with E-state index in [1.807, 2.05) is 117 Å². The first-order valence-corrected chi connectivity index (χ1v) is 16.8. The van der Waals surface area contributed by atoms with Gasteiger partial charge in [0.25, 0.3) is 5.91 Å². The quantitative estimate of drug-likeness (QED) is 0.130. The molecule has 0 radical (unpaired) electrons. The van der Waals surface area contributed by atoms with Gasteiger partial charge in [0.1, 0.15) is 0 Å². The maximum atomic E-state index is 12.7. The lowest BCUT2D eigenvalue weighted by molar-refractivity contribution is -0.253. The Morgan fingerprint density at radius 2 is 1.45 bits per heavy atom. The average molecular weight is 657 g/mol. The van der Waals surface area contributed by atoms with Gasteiger partial charge >= 0.3 is 0 Å². The van der Waals surface area contributed by atoms with Crippen LogP contribution in [0.15, 0.2) is 133 Å². The normalized spacial score (nSPS) is 18.9. The Balaban J connectivity index is 1.19. The monoisotopic (exact) mass is 656 g/mol. The molecule has 5 aromatic carbocycles. The molecule has 1 amide bonds. The maximum absolute atomic E-state index is 12.7. The highest BCUT2D eigenvalue weighted by molar-refractivity contribution is 5.94. The molecule has 0 bridgehead atoms. The smallest absolute Gasteiger partial charge is 0.251 e. The number of hydrogen-bond donors (Lipinski definition) is 3. The Hall–Kier alpha value is -4.63. The largest absolute Gasteiger partial charge is 0.392 e. The first-order chi connectivity index (χ1) is 23.9. The summed E-state index contributed by atoms with van der Waals surface area (Å²) in [5.41, 5.74) is 7.38. The number of carbonyl (C=O) groups is 1. The number of benzene rings is 5. The van der Waals surface area contributed by atoms with E-state index >= 15 is 0 Å². The van der Waals surface area contributed by atoms with E-state index in [0.717, 1.165) is 38.9 Å². The lowest BCUT2D eigenvalue weighted by atomic mass is 9.97. The van der Waals surface area contributed by atoms with Gasteiger partial charge < -0.3 is 25.0 Å². The molecule has 1 fully saturated rings. The molecule has 5 atom stereocenters. The zero-order valence-electron chi connectivity index (χ0n) is 28.0. The van der Waals surface area contributed by atoms with Crippen molar-refractivity contribution in [2.24, 2.45) is 0 Å². The van der Waals surface area contributed by atoms with Crippen LogP contribution in [0.4, 0.5) is 0 Å². The summed E-state index contributed by atoms with van der Waals surface area (Å²) in [5, 5.41) is 23.7. The molecule has 5 aromatic rings. The highest BCUT2D eigenvalue weighted by Gasteiger charge is 2.34. The fraction of sp³-hybridized carbons (Fsp3) is 0.262. The van der Waals surface area contributed by atoms with E-state index in [1.54, 1.807) is 12.1 Å². The van der Waals surface area contributed by atoms with E-state index in [0.29, 0.717) is 25.1 Å². The second kappa shape index (κ2) is 16.2. The van der Waals surface area contributed by atoms with Crippen molar-refractivity contribution in [3.8, 4) is 11.1 Å². The Labute approximate surface area is 288 Å². The highest BCUT2D eigenvalue weighted by atomic mass is 16.7. The predicted octanol–water partition coefficient (Wildman–Crippen LogP) is 7.38. The van der Waals surface area contributed by atoms with Crippen LogP contribution in [0.5, 0.6) is 0 Å². The maximum Gasteiger partial charge on any atom is 0.251 e. The van der Waals surface area contributed by atoms with E-state index in [1.165, 1.54) is 0 Å². The average Bonchev–Trinajstić information content (AvgIpc) is 3.17. The van der Waals surface area contributed by atoms with Crippen LogP contribution in [0.2, 0.25) is 0 Å². The zero-order valence-corrected chi connectivity index (χ0v) is 28.0. The molecule has 49 heavy (non-hydrogen) atoms. The van der Waals surface area contributed by atoms with Gasteiger partial charge in [0.05, 0.1) is 24.9 Å². The number of ether oxygens (including phenoxy) is 2.